The lowest BCUT2D eigenvalue weighted by atomic mass is 10.1. The van der Waals surface area contributed by atoms with E-state index in [0.29, 0.717) is 0 Å². The maximum Gasteiger partial charge on any atom is 0.0418 e. The Morgan fingerprint density at radius 3 is 2.62 bits per heavy atom. The van der Waals surface area contributed by atoms with E-state index in [1.54, 1.807) is 0 Å². The summed E-state index contributed by atoms with van der Waals surface area (Å²) in [6.07, 6.45) is 3.70. The molecule has 0 saturated heterocycles. The molecule has 0 unspecified atom stereocenters. The predicted molar refractivity (Wildman–Crippen MR) is 67.2 cm³/mol. The van der Waals surface area contributed by atoms with Crippen LogP contribution in [-0.4, -0.2) is 4.98 Å². The van der Waals surface area contributed by atoms with Gasteiger partial charge in [-0.1, -0.05) is 0 Å². The molecule has 0 amide bonds. The van der Waals surface area contributed by atoms with E-state index in [-0.39, 0.29) is 0 Å². The Labute approximate surface area is 95.3 Å². The van der Waals surface area contributed by atoms with E-state index in [4.69, 9.17) is 5.73 Å². The Bertz CT molecular complexity index is 463. The van der Waals surface area contributed by atoms with Gasteiger partial charge >= 0.3 is 0 Å². The molecular formula is C13H15N3. The number of benzene rings is 1. The van der Waals surface area contributed by atoms with Crippen molar-refractivity contribution in [2.75, 3.05) is 11.1 Å². The van der Waals surface area contributed by atoms with Crippen LogP contribution in [0.4, 0.5) is 11.4 Å². The summed E-state index contributed by atoms with van der Waals surface area (Å²) in [5, 5.41) is 3.33. The van der Waals surface area contributed by atoms with E-state index in [0.717, 1.165) is 17.9 Å². The number of aryl methyl sites for hydroxylation is 1. The number of nitrogens with two attached hydrogens (primary N) is 1. The number of pyridine rings is 1. The van der Waals surface area contributed by atoms with Crippen molar-refractivity contribution in [1.82, 2.24) is 4.98 Å². The van der Waals surface area contributed by atoms with Crippen molar-refractivity contribution in [1.29, 1.82) is 0 Å². The summed E-state index contributed by atoms with van der Waals surface area (Å²) in [7, 11) is 0. The molecule has 16 heavy (non-hydrogen) atoms. The lowest BCUT2D eigenvalue weighted by Crippen LogP contribution is -2.01. The van der Waals surface area contributed by atoms with Crippen LogP contribution in [0, 0.1) is 6.92 Å². The Morgan fingerprint density at radius 2 is 1.94 bits per heavy atom. The summed E-state index contributed by atoms with van der Waals surface area (Å²) in [4.78, 5) is 4.11. The molecule has 0 saturated carbocycles. The minimum atomic E-state index is 0.781. The van der Waals surface area contributed by atoms with Gasteiger partial charge in [0.1, 0.15) is 0 Å². The topological polar surface area (TPSA) is 50.9 Å². The lowest BCUT2D eigenvalue weighted by molar-refractivity contribution is 1.08. The van der Waals surface area contributed by atoms with Crippen LogP contribution in [0.2, 0.25) is 0 Å². The third kappa shape index (κ3) is 2.51. The Morgan fingerprint density at radius 1 is 1.19 bits per heavy atom. The standard InChI is InChI=1S/C13H15N3/c1-10-6-7-15-8-11(10)9-16-13-4-2-12(14)3-5-13/h2-8,16H,9,14H2,1H3. The molecule has 1 heterocycles. The van der Waals surface area contributed by atoms with Gasteiger partial charge in [0, 0.05) is 30.3 Å². The molecular weight excluding hydrogens is 198 g/mol. The summed E-state index contributed by atoms with van der Waals surface area (Å²) in [5.41, 5.74) is 9.92. The first kappa shape index (κ1) is 10.5. The van der Waals surface area contributed by atoms with Crippen LogP contribution < -0.4 is 11.1 Å². The highest BCUT2D eigenvalue weighted by atomic mass is 14.9. The molecule has 0 atom stereocenters. The van der Waals surface area contributed by atoms with Crippen molar-refractivity contribution in [3.63, 3.8) is 0 Å². The van der Waals surface area contributed by atoms with E-state index in [1.165, 1.54) is 11.1 Å². The molecule has 3 N–H and O–H groups in total. The second-order valence-corrected chi connectivity index (χ2v) is 3.78. The van der Waals surface area contributed by atoms with Crippen LogP contribution in [0.1, 0.15) is 11.1 Å². The molecule has 1 aromatic carbocycles. The molecule has 0 aliphatic carbocycles. The molecule has 0 aliphatic rings. The zero-order chi connectivity index (χ0) is 11.4. The van der Waals surface area contributed by atoms with E-state index in [9.17, 15) is 0 Å². The fourth-order valence-corrected chi connectivity index (χ4v) is 1.48. The second-order valence-electron chi connectivity index (χ2n) is 3.78. The zero-order valence-electron chi connectivity index (χ0n) is 9.27. The lowest BCUT2D eigenvalue weighted by Gasteiger charge is -2.08. The Balaban J connectivity index is 2.02. The van der Waals surface area contributed by atoms with Gasteiger partial charge in [0.25, 0.3) is 0 Å². The minimum absolute atomic E-state index is 0.781. The molecule has 0 radical (unpaired) electrons. The summed E-state index contributed by atoms with van der Waals surface area (Å²) in [6, 6.07) is 9.74. The highest BCUT2D eigenvalue weighted by Crippen LogP contribution is 2.13. The van der Waals surface area contributed by atoms with Gasteiger partial charge in [-0.05, 0) is 48.4 Å². The van der Waals surface area contributed by atoms with Gasteiger partial charge < -0.3 is 11.1 Å². The van der Waals surface area contributed by atoms with Crippen LogP contribution in [0.3, 0.4) is 0 Å². The summed E-state index contributed by atoms with van der Waals surface area (Å²) in [5.74, 6) is 0. The van der Waals surface area contributed by atoms with Crippen molar-refractivity contribution >= 4 is 11.4 Å². The smallest absolute Gasteiger partial charge is 0.0418 e. The average Bonchev–Trinajstić information content (AvgIpc) is 2.30. The highest BCUT2D eigenvalue weighted by molar-refractivity contribution is 5.51. The minimum Gasteiger partial charge on any atom is -0.399 e. The fraction of sp³-hybridized carbons (Fsp3) is 0.154. The van der Waals surface area contributed by atoms with Crippen molar-refractivity contribution in [2.24, 2.45) is 0 Å². The van der Waals surface area contributed by atoms with E-state index >= 15 is 0 Å². The normalized spacial score (nSPS) is 10.1. The van der Waals surface area contributed by atoms with Crippen LogP contribution in [0.25, 0.3) is 0 Å². The SMILES string of the molecule is Cc1ccncc1CNc1ccc(N)cc1. The summed E-state index contributed by atoms with van der Waals surface area (Å²) in [6.45, 7) is 2.87. The Hall–Kier alpha value is -2.03. The van der Waals surface area contributed by atoms with Gasteiger partial charge in [-0.15, -0.1) is 0 Å². The molecule has 0 aliphatic heterocycles. The number of nitrogens with zero attached hydrogens (tertiary/aromatic N) is 1. The van der Waals surface area contributed by atoms with Crippen molar-refractivity contribution < 1.29 is 0 Å². The third-order valence-electron chi connectivity index (χ3n) is 2.54. The molecule has 2 rings (SSSR count). The summed E-state index contributed by atoms with van der Waals surface area (Å²) >= 11 is 0. The number of aromatic nitrogens is 1. The maximum absolute atomic E-state index is 5.62. The number of rotatable bonds is 3. The first-order valence-electron chi connectivity index (χ1n) is 5.24. The number of nitrogens with one attached hydrogen (secondary N) is 1. The number of hydrogen-bond donors (Lipinski definition) is 2. The molecule has 0 spiro atoms. The van der Waals surface area contributed by atoms with Crippen molar-refractivity contribution in [3.05, 3.63) is 53.9 Å². The van der Waals surface area contributed by atoms with Gasteiger partial charge in [0.05, 0.1) is 0 Å². The first-order chi connectivity index (χ1) is 7.75. The third-order valence-corrected chi connectivity index (χ3v) is 2.54. The Kier molecular flexibility index (Phi) is 3.05. The van der Waals surface area contributed by atoms with Crippen molar-refractivity contribution in [3.8, 4) is 0 Å². The van der Waals surface area contributed by atoms with Gasteiger partial charge in [-0.25, -0.2) is 0 Å². The molecule has 2 aromatic rings. The number of hydrogen-bond acceptors (Lipinski definition) is 3. The number of nitrogen functional groups attached to an aromatic ring is 1. The monoisotopic (exact) mass is 213 g/mol. The maximum atomic E-state index is 5.62. The number of anilines is 2. The molecule has 0 fully saturated rings. The molecule has 3 nitrogen and oxygen atoms in total. The van der Waals surface area contributed by atoms with Gasteiger partial charge in [-0.3, -0.25) is 4.98 Å². The largest absolute Gasteiger partial charge is 0.399 e. The molecule has 0 bridgehead atoms. The van der Waals surface area contributed by atoms with E-state index < -0.39 is 0 Å². The van der Waals surface area contributed by atoms with E-state index in [1.807, 2.05) is 42.7 Å². The van der Waals surface area contributed by atoms with Crippen LogP contribution in [0.5, 0.6) is 0 Å². The molecule has 3 heteroatoms. The zero-order valence-corrected chi connectivity index (χ0v) is 9.27. The predicted octanol–water partition coefficient (Wildman–Crippen LogP) is 2.58. The average molecular weight is 213 g/mol. The second kappa shape index (κ2) is 4.66. The molecule has 1 aromatic heterocycles. The van der Waals surface area contributed by atoms with E-state index in [2.05, 4.69) is 17.2 Å². The van der Waals surface area contributed by atoms with Crippen LogP contribution in [-0.2, 0) is 6.54 Å². The fourth-order valence-electron chi connectivity index (χ4n) is 1.48. The highest BCUT2D eigenvalue weighted by Gasteiger charge is 1.97. The van der Waals surface area contributed by atoms with Crippen LogP contribution >= 0.6 is 0 Å². The van der Waals surface area contributed by atoms with Gasteiger partial charge in [0.15, 0.2) is 0 Å². The summed E-state index contributed by atoms with van der Waals surface area (Å²) < 4.78 is 0. The molecule has 82 valence electrons. The van der Waals surface area contributed by atoms with Crippen LogP contribution in [0.15, 0.2) is 42.7 Å². The quantitative estimate of drug-likeness (QED) is 0.770. The van der Waals surface area contributed by atoms with Crippen molar-refractivity contribution in [2.45, 2.75) is 13.5 Å². The first-order valence-corrected chi connectivity index (χ1v) is 5.24. The van der Waals surface area contributed by atoms with Gasteiger partial charge in [0.2, 0.25) is 0 Å². The van der Waals surface area contributed by atoms with Gasteiger partial charge in [-0.2, -0.15) is 0 Å².